The van der Waals surface area contributed by atoms with E-state index >= 15 is 0 Å². The zero-order valence-corrected chi connectivity index (χ0v) is 10.1. The highest BCUT2D eigenvalue weighted by molar-refractivity contribution is 5.82. The maximum atomic E-state index is 4.58. The standard InChI is InChI=1S/C13H24N2/c1-10-7-11(2)9-12(8-10)15-13-5-3-4-6-14-13/h10-12H,3-9H2,1-2H3,(H,14,15). The Balaban J connectivity index is 1.85. The van der Waals surface area contributed by atoms with Gasteiger partial charge >= 0.3 is 0 Å². The Morgan fingerprint density at radius 3 is 2.40 bits per heavy atom. The van der Waals surface area contributed by atoms with Crippen molar-refractivity contribution in [1.29, 1.82) is 0 Å². The van der Waals surface area contributed by atoms with Crippen LogP contribution in [0.1, 0.15) is 52.4 Å². The summed E-state index contributed by atoms with van der Waals surface area (Å²) in [6, 6.07) is 0.695. The van der Waals surface area contributed by atoms with Crippen molar-refractivity contribution in [2.24, 2.45) is 16.8 Å². The van der Waals surface area contributed by atoms with Gasteiger partial charge < -0.3 is 5.32 Å². The molecule has 2 rings (SSSR count). The number of nitrogens with zero attached hydrogens (tertiary/aromatic N) is 1. The molecule has 1 fully saturated rings. The van der Waals surface area contributed by atoms with E-state index in [1.165, 1.54) is 44.4 Å². The lowest BCUT2D eigenvalue weighted by molar-refractivity contribution is 0.255. The van der Waals surface area contributed by atoms with Crippen LogP contribution in [-0.2, 0) is 0 Å². The molecule has 0 aromatic heterocycles. The lowest BCUT2D eigenvalue weighted by Crippen LogP contribution is -2.40. The van der Waals surface area contributed by atoms with Gasteiger partial charge in [-0.25, -0.2) is 0 Å². The molecule has 1 heterocycles. The molecule has 2 aliphatic rings. The van der Waals surface area contributed by atoms with Crippen molar-refractivity contribution < 1.29 is 0 Å². The Kier molecular flexibility index (Phi) is 3.66. The molecule has 0 bridgehead atoms. The van der Waals surface area contributed by atoms with Crippen LogP contribution in [0, 0.1) is 11.8 Å². The van der Waals surface area contributed by atoms with Gasteiger partial charge in [-0.2, -0.15) is 0 Å². The van der Waals surface area contributed by atoms with E-state index in [1.807, 2.05) is 0 Å². The first-order valence-electron chi connectivity index (χ1n) is 6.54. The summed E-state index contributed by atoms with van der Waals surface area (Å²) in [4.78, 5) is 4.58. The lowest BCUT2D eigenvalue weighted by atomic mass is 9.80. The zero-order chi connectivity index (χ0) is 10.7. The van der Waals surface area contributed by atoms with Crippen molar-refractivity contribution in [2.45, 2.75) is 58.4 Å². The van der Waals surface area contributed by atoms with Crippen molar-refractivity contribution in [3.05, 3.63) is 0 Å². The van der Waals surface area contributed by atoms with Gasteiger partial charge in [-0.05, 0) is 43.9 Å². The Hall–Kier alpha value is -0.530. The highest BCUT2D eigenvalue weighted by atomic mass is 15.0. The molecule has 2 unspecified atom stereocenters. The van der Waals surface area contributed by atoms with E-state index < -0.39 is 0 Å². The third-order valence-electron chi connectivity index (χ3n) is 3.67. The van der Waals surface area contributed by atoms with Crippen molar-refractivity contribution in [2.75, 3.05) is 6.54 Å². The summed E-state index contributed by atoms with van der Waals surface area (Å²) in [7, 11) is 0. The highest BCUT2D eigenvalue weighted by Crippen LogP contribution is 2.28. The van der Waals surface area contributed by atoms with E-state index in [0.29, 0.717) is 6.04 Å². The Morgan fingerprint density at radius 1 is 1.07 bits per heavy atom. The Morgan fingerprint density at radius 2 is 1.80 bits per heavy atom. The molecule has 1 saturated carbocycles. The molecule has 1 N–H and O–H groups in total. The number of rotatable bonds is 1. The Labute approximate surface area is 93.6 Å². The van der Waals surface area contributed by atoms with Gasteiger partial charge in [-0.15, -0.1) is 0 Å². The largest absolute Gasteiger partial charge is 0.371 e. The summed E-state index contributed by atoms with van der Waals surface area (Å²) < 4.78 is 0. The number of hydrogen-bond acceptors (Lipinski definition) is 2. The highest BCUT2D eigenvalue weighted by Gasteiger charge is 2.24. The number of nitrogens with one attached hydrogen (secondary N) is 1. The minimum absolute atomic E-state index is 0.695. The second kappa shape index (κ2) is 5.00. The van der Waals surface area contributed by atoms with Gasteiger partial charge in [0.25, 0.3) is 0 Å². The van der Waals surface area contributed by atoms with Gasteiger partial charge in [-0.1, -0.05) is 13.8 Å². The first kappa shape index (κ1) is 11.0. The smallest absolute Gasteiger partial charge is 0.0965 e. The van der Waals surface area contributed by atoms with E-state index in [9.17, 15) is 0 Å². The zero-order valence-electron chi connectivity index (χ0n) is 10.1. The SMILES string of the molecule is CC1CC(C)CC(NC2=NCCCC2)C1. The molecule has 1 aliphatic heterocycles. The van der Waals surface area contributed by atoms with Gasteiger partial charge in [0, 0.05) is 19.0 Å². The molecule has 2 heteroatoms. The maximum Gasteiger partial charge on any atom is 0.0965 e. The second-order valence-electron chi connectivity index (χ2n) is 5.54. The van der Waals surface area contributed by atoms with E-state index in [1.54, 1.807) is 0 Å². The number of hydrogen-bond donors (Lipinski definition) is 1. The molecule has 15 heavy (non-hydrogen) atoms. The normalized spacial score (nSPS) is 37.2. The van der Waals surface area contributed by atoms with Crippen LogP contribution >= 0.6 is 0 Å². The summed E-state index contributed by atoms with van der Waals surface area (Å²) in [5.41, 5.74) is 0. The average molecular weight is 208 g/mol. The monoisotopic (exact) mass is 208 g/mol. The fourth-order valence-electron chi connectivity index (χ4n) is 3.12. The van der Waals surface area contributed by atoms with Crippen molar-refractivity contribution >= 4 is 5.84 Å². The van der Waals surface area contributed by atoms with Crippen LogP contribution in [-0.4, -0.2) is 18.4 Å². The second-order valence-corrected chi connectivity index (χ2v) is 5.54. The number of amidine groups is 1. The van der Waals surface area contributed by atoms with Gasteiger partial charge in [0.2, 0.25) is 0 Å². The summed E-state index contributed by atoms with van der Waals surface area (Å²) >= 11 is 0. The maximum absolute atomic E-state index is 4.58. The van der Waals surface area contributed by atoms with E-state index in [-0.39, 0.29) is 0 Å². The first-order chi connectivity index (χ1) is 7.24. The van der Waals surface area contributed by atoms with E-state index in [2.05, 4.69) is 24.2 Å². The molecular formula is C13H24N2. The molecule has 0 aromatic carbocycles. The topological polar surface area (TPSA) is 24.4 Å². The molecule has 0 aromatic rings. The van der Waals surface area contributed by atoms with Gasteiger partial charge in [0.1, 0.15) is 0 Å². The minimum atomic E-state index is 0.695. The number of aliphatic imine (C=N–C) groups is 1. The third-order valence-corrected chi connectivity index (χ3v) is 3.67. The van der Waals surface area contributed by atoms with Crippen molar-refractivity contribution in [1.82, 2.24) is 5.32 Å². The summed E-state index contributed by atoms with van der Waals surface area (Å²) in [6.07, 6.45) is 7.86. The third kappa shape index (κ3) is 3.22. The van der Waals surface area contributed by atoms with Crippen LogP contribution in [0.15, 0.2) is 4.99 Å². The van der Waals surface area contributed by atoms with E-state index in [0.717, 1.165) is 18.4 Å². The summed E-state index contributed by atoms with van der Waals surface area (Å²) in [5.74, 6) is 3.05. The van der Waals surface area contributed by atoms with E-state index in [4.69, 9.17) is 0 Å². The molecule has 2 nitrogen and oxygen atoms in total. The first-order valence-corrected chi connectivity index (χ1v) is 6.54. The molecule has 1 aliphatic carbocycles. The van der Waals surface area contributed by atoms with Gasteiger partial charge in [-0.3, -0.25) is 4.99 Å². The molecule has 2 atom stereocenters. The van der Waals surface area contributed by atoms with Crippen LogP contribution in [0.2, 0.25) is 0 Å². The fraction of sp³-hybridized carbons (Fsp3) is 0.923. The summed E-state index contributed by atoms with van der Waals surface area (Å²) in [5, 5.41) is 3.67. The molecular weight excluding hydrogens is 184 g/mol. The van der Waals surface area contributed by atoms with Crippen molar-refractivity contribution in [3.8, 4) is 0 Å². The molecule has 0 radical (unpaired) electrons. The van der Waals surface area contributed by atoms with Crippen LogP contribution in [0.5, 0.6) is 0 Å². The lowest BCUT2D eigenvalue weighted by Gasteiger charge is -2.33. The summed E-state index contributed by atoms with van der Waals surface area (Å²) in [6.45, 7) is 5.81. The molecule has 86 valence electrons. The van der Waals surface area contributed by atoms with Crippen LogP contribution in [0.25, 0.3) is 0 Å². The van der Waals surface area contributed by atoms with Crippen molar-refractivity contribution in [3.63, 3.8) is 0 Å². The van der Waals surface area contributed by atoms with Crippen LogP contribution in [0.3, 0.4) is 0 Å². The molecule has 0 saturated heterocycles. The van der Waals surface area contributed by atoms with Gasteiger partial charge in [0.15, 0.2) is 0 Å². The quantitative estimate of drug-likeness (QED) is 0.704. The average Bonchev–Trinajstić information content (AvgIpc) is 2.17. The minimum Gasteiger partial charge on any atom is -0.371 e. The Bertz CT molecular complexity index is 225. The fourth-order valence-corrected chi connectivity index (χ4v) is 3.12. The van der Waals surface area contributed by atoms with Crippen LogP contribution in [0.4, 0.5) is 0 Å². The predicted molar refractivity (Wildman–Crippen MR) is 65.3 cm³/mol. The van der Waals surface area contributed by atoms with Gasteiger partial charge in [0.05, 0.1) is 5.84 Å². The predicted octanol–water partition coefficient (Wildman–Crippen LogP) is 2.98. The van der Waals surface area contributed by atoms with Crippen LogP contribution < -0.4 is 5.32 Å². The molecule has 0 amide bonds. The molecule has 0 spiro atoms.